The van der Waals surface area contributed by atoms with Gasteiger partial charge in [-0.3, -0.25) is 0 Å². The topological polar surface area (TPSA) is 12.0 Å². The summed E-state index contributed by atoms with van der Waals surface area (Å²) in [6.45, 7) is 2.47. The maximum atomic E-state index is 13.3. The average molecular weight is 233 g/mol. The molecule has 0 saturated heterocycles. The number of nitrogens with one attached hydrogen (secondary N) is 1. The van der Waals surface area contributed by atoms with Crippen LogP contribution in [-0.4, -0.2) is 0 Å². The third kappa shape index (κ3) is 3.03. The zero-order chi connectivity index (χ0) is 12.3. The lowest BCUT2D eigenvalue weighted by molar-refractivity contribution is 0.602. The van der Waals surface area contributed by atoms with Crippen LogP contribution in [0.1, 0.15) is 11.1 Å². The van der Waals surface area contributed by atoms with Gasteiger partial charge in [-0.1, -0.05) is 29.8 Å². The molecule has 0 unspecified atom stereocenters. The van der Waals surface area contributed by atoms with Crippen LogP contribution in [0.15, 0.2) is 42.5 Å². The van der Waals surface area contributed by atoms with Crippen LogP contribution in [0.3, 0.4) is 0 Å². The van der Waals surface area contributed by atoms with Crippen LogP contribution >= 0.6 is 0 Å². The van der Waals surface area contributed by atoms with Crippen molar-refractivity contribution in [1.82, 2.24) is 0 Å². The fraction of sp³-hybridized carbons (Fsp3) is 0.143. The van der Waals surface area contributed by atoms with Crippen LogP contribution in [-0.2, 0) is 6.54 Å². The third-order valence-electron chi connectivity index (χ3n) is 2.49. The molecule has 0 amide bonds. The number of halogens is 2. The molecule has 88 valence electrons. The molecule has 0 bridgehead atoms. The summed E-state index contributed by atoms with van der Waals surface area (Å²) < 4.78 is 26.3. The maximum Gasteiger partial charge on any atom is 0.146 e. The fourth-order valence-corrected chi connectivity index (χ4v) is 1.65. The lowest BCUT2D eigenvalue weighted by Gasteiger charge is -2.08. The Labute approximate surface area is 99.1 Å². The van der Waals surface area contributed by atoms with Crippen molar-refractivity contribution in [2.45, 2.75) is 13.5 Å². The SMILES string of the molecule is Cc1cccc(CNc2cc(F)ccc2F)c1. The van der Waals surface area contributed by atoms with Gasteiger partial charge in [0.1, 0.15) is 11.6 Å². The number of aryl methyl sites for hydroxylation is 1. The Morgan fingerprint density at radius 3 is 2.65 bits per heavy atom. The number of rotatable bonds is 3. The number of hydrogen-bond acceptors (Lipinski definition) is 1. The van der Waals surface area contributed by atoms with Crippen molar-refractivity contribution in [3.05, 3.63) is 65.2 Å². The second-order valence-corrected chi connectivity index (χ2v) is 3.97. The van der Waals surface area contributed by atoms with Gasteiger partial charge in [0.15, 0.2) is 0 Å². The molecule has 17 heavy (non-hydrogen) atoms. The summed E-state index contributed by atoms with van der Waals surface area (Å²) in [5, 5.41) is 2.88. The molecule has 0 atom stereocenters. The Bertz CT molecular complexity index is 523. The van der Waals surface area contributed by atoms with Gasteiger partial charge in [0, 0.05) is 6.54 Å². The molecule has 0 radical (unpaired) electrons. The summed E-state index contributed by atoms with van der Waals surface area (Å²) in [4.78, 5) is 0. The minimum atomic E-state index is -0.446. The first kappa shape index (κ1) is 11.6. The highest BCUT2D eigenvalue weighted by Gasteiger charge is 2.03. The Morgan fingerprint density at radius 2 is 1.88 bits per heavy atom. The molecule has 0 saturated carbocycles. The largest absolute Gasteiger partial charge is 0.379 e. The van der Waals surface area contributed by atoms with Crippen molar-refractivity contribution in [2.75, 3.05) is 5.32 Å². The van der Waals surface area contributed by atoms with Gasteiger partial charge in [-0.05, 0) is 30.7 Å². The summed E-state index contributed by atoms with van der Waals surface area (Å²) in [5.74, 6) is -0.891. The standard InChI is InChI=1S/C14H13F2N/c1-10-3-2-4-11(7-10)9-17-14-8-12(15)5-6-13(14)16/h2-8,17H,9H2,1H3. The molecule has 0 aliphatic carbocycles. The minimum absolute atomic E-state index is 0.187. The molecule has 1 nitrogen and oxygen atoms in total. The van der Waals surface area contributed by atoms with Gasteiger partial charge in [-0.15, -0.1) is 0 Å². The molecule has 0 fully saturated rings. The van der Waals surface area contributed by atoms with E-state index in [0.717, 1.165) is 29.3 Å². The Kier molecular flexibility index (Phi) is 3.38. The van der Waals surface area contributed by atoms with E-state index in [2.05, 4.69) is 5.32 Å². The third-order valence-corrected chi connectivity index (χ3v) is 2.49. The van der Waals surface area contributed by atoms with Gasteiger partial charge >= 0.3 is 0 Å². The van der Waals surface area contributed by atoms with Gasteiger partial charge < -0.3 is 5.32 Å². The summed E-state index contributed by atoms with van der Waals surface area (Å²) >= 11 is 0. The van der Waals surface area contributed by atoms with Crippen molar-refractivity contribution < 1.29 is 8.78 Å². The second kappa shape index (κ2) is 4.95. The van der Waals surface area contributed by atoms with Crippen LogP contribution < -0.4 is 5.32 Å². The van der Waals surface area contributed by atoms with Gasteiger partial charge in [0.2, 0.25) is 0 Å². The molecule has 3 heteroatoms. The van der Waals surface area contributed by atoms with E-state index in [-0.39, 0.29) is 5.69 Å². The van der Waals surface area contributed by atoms with E-state index in [9.17, 15) is 8.78 Å². The van der Waals surface area contributed by atoms with Crippen LogP contribution in [0.2, 0.25) is 0 Å². The van der Waals surface area contributed by atoms with E-state index >= 15 is 0 Å². The Balaban J connectivity index is 2.09. The first-order valence-electron chi connectivity index (χ1n) is 5.39. The van der Waals surface area contributed by atoms with Crippen LogP contribution in [0, 0.1) is 18.6 Å². The molecular weight excluding hydrogens is 220 g/mol. The van der Waals surface area contributed by atoms with E-state index in [0.29, 0.717) is 6.54 Å². The maximum absolute atomic E-state index is 13.3. The molecule has 0 spiro atoms. The van der Waals surface area contributed by atoms with Crippen molar-refractivity contribution in [3.63, 3.8) is 0 Å². The van der Waals surface area contributed by atoms with Crippen LogP contribution in [0.4, 0.5) is 14.5 Å². The first-order valence-corrected chi connectivity index (χ1v) is 5.39. The normalized spacial score (nSPS) is 10.3. The quantitative estimate of drug-likeness (QED) is 0.848. The lowest BCUT2D eigenvalue weighted by Crippen LogP contribution is -2.02. The highest BCUT2D eigenvalue weighted by atomic mass is 19.1. The predicted octanol–water partition coefficient (Wildman–Crippen LogP) is 3.89. The van der Waals surface area contributed by atoms with Gasteiger partial charge in [0.25, 0.3) is 0 Å². The Morgan fingerprint density at radius 1 is 1.06 bits per heavy atom. The highest BCUT2D eigenvalue weighted by molar-refractivity contribution is 5.45. The molecule has 0 aliphatic rings. The van der Waals surface area contributed by atoms with E-state index < -0.39 is 11.6 Å². The molecular formula is C14H13F2N. The zero-order valence-electron chi connectivity index (χ0n) is 9.50. The van der Waals surface area contributed by atoms with Crippen molar-refractivity contribution >= 4 is 5.69 Å². The zero-order valence-corrected chi connectivity index (χ0v) is 9.50. The van der Waals surface area contributed by atoms with Crippen LogP contribution in [0.25, 0.3) is 0 Å². The molecule has 2 aromatic rings. The smallest absolute Gasteiger partial charge is 0.146 e. The molecule has 2 aromatic carbocycles. The molecule has 0 aromatic heterocycles. The van der Waals surface area contributed by atoms with E-state index in [1.165, 1.54) is 0 Å². The van der Waals surface area contributed by atoms with Crippen LogP contribution in [0.5, 0.6) is 0 Å². The van der Waals surface area contributed by atoms with Crippen molar-refractivity contribution in [1.29, 1.82) is 0 Å². The van der Waals surface area contributed by atoms with Crippen molar-refractivity contribution in [3.8, 4) is 0 Å². The average Bonchev–Trinajstić information content (AvgIpc) is 2.30. The Hall–Kier alpha value is -1.90. The number of anilines is 1. The summed E-state index contributed by atoms with van der Waals surface area (Å²) in [7, 11) is 0. The predicted molar refractivity (Wildman–Crippen MR) is 64.9 cm³/mol. The van der Waals surface area contributed by atoms with E-state index in [1.807, 2.05) is 31.2 Å². The number of hydrogen-bond donors (Lipinski definition) is 1. The second-order valence-electron chi connectivity index (χ2n) is 3.97. The van der Waals surface area contributed by atoms with E-state index in [1.54, 1.807) is 0 Å². The molecule has 1 N–H and O–H groups in total. The van der Waals surface area contributed by atoms with Gasteiger partial charge in [-0.25, -0.2) is 8.78 Å². The summed E-state index contributed by atoms with van der Waals surface area (Å²) in [6, 6.07) is 11.3. The molecule has 0 aliphatic heterocycles. The first-order chi connectivity index (χ1) is 8.15. The fourth-order valence-electron chi connectivity index (χ4n) is 1.65. The van der Waals surface area contributed by atoms with Gasteiger partial charge in [-0.2, -0.15) is 0 Å². The number of benzene rings is 2. The lowest BCUT2D eigenvalue weighted by atomic mass is 10.1. The summed E-state index contributed by atoms with van der Waals surface area (Å²) in [6.07, 6.45) is 0. The van der Waals surface area contributed by atoms with E-state index in [4.69, 9.17) is 0 Å². The summed E-state index contributed by atoms with van der Waals surface area (Å²) in [5.41, 5.74) is 2.36. The molecule has 0 heterocycles. The van der Waals surface area contributed by atoms with Gasteiger partial charge in [0.05, 0.1) is 5.69 Å². The van der Waals surface area contributed by atoms with Crippen molar-refractivity contribution in [2.24, 2.45) is 0 Å². The highest BCUT2D eigenvalue weighted by Crippen LogP contribution is 2.16. The molecule has 2 rings (SSSR count). The monoisotopic (exact) mass is 233 g/mol. The minimum Gasteiger partial charge on any atom is -0.379 e.